The number of carbonyl (C=O) groups is 2. The third kappa shape index (κ3) is 3.56. The Morgan fingerprint density at radius 3 is 3.00 bits per heavy atom. The van der Waals surface area contributed by atoms with Crippen LogP contribution < -0.4 is 5.32 Å². The number of methoxy groups -OCH3 is 1. The molecule has 0 fully saturated rings. The van der Waals surface area contributed by atoms with Gasteiger partial charge in [0.05, 0.1) is 13.3 Å². The number of nitrogens with one attached hydrogen (secondary N) is 1. The van der Waals surface area contributed by atoms with Gasteiger partial charge in [0.1, 0.15) is 9.70 Å². The number of ether oxygens (including phenoxy) is 1. The topological polar surface area (TPSA) is 81.2 Å². The predicted molar refractivity (Wildman–Crippen MR) is 57.0 cm³/mol. The van der Waals surface area contributed by atoms with Crippen LogP contribution in [-0.2, 0) is 9.53 Å². The van der Waals surface area contributed by atoms with E-state index in [4.69, 9.17) is 0 Å². The maximum atomic E-state index is 11.4. The minimum Gasteiger partial charge on any atom is -0.468 e. The normalized spacial score (nSPS) is 11.9. The van der Waals surface area contributed by atoms with Gasteiger partial charge in [-0.3, -0.25) is 9.59 Å². The standard InChI is InChI=1S/C7H8BrN3O3S/c1-14-7(13)4(8)2-9-6(12)5-3-10-11-15-5/h3-4H,2H2,1H3,(H,9,12). The number of halogens is 1. The van der Waals surface area contributed by atoms with Crippen LogP contribution >= 0.6 is 27.5 Å². The summed E-state index contributed by atoms with van der Waals surface area (Å²) in [6, 6.07) is 0. The first kappa shape index (κ1) is 12.1. The molecule has 0 saturated carbocycles. The molecular weight excluding hydrogens is 286 g/mol. The Bertz CT molecular complexity index is 343. The van der Waals surface area contributed by atoms with Crippen LogP contribution in [0, 0.1) is 0 Å². The maximum absolute atomic E-state index is 11.4. The van der Waals surface area contributed by atoms with E-state index in [1.807, 2.05) is 0 Å². The number of alkyl halides is 1. The van der Waals surface area contributed by atoms with Crippen molar-refractivity contribution in [3.8, 4) is 0 Å². The van der Waals surface area contributed by atoms with E-state index >= 15 is 0 Å². The largest absolute Gasteiger partial charge is 0.468 e. The molecule has 1 unspecified atom stereocenters. The van der Waals surface area contributed by atoms with Crippen molar-refractivity contribution in [3.05, 3.63) is 11.1 Å². The summed E-state index contributed by atoms with van der Waals surface area (Å²) < 4.78 is 8.02. The van der Waals surface area contributed by atoms with Crippen LogP contribution in [-0.4, -0.2) is 39.9 Å². The molecule has 1 aromatic heterocycles. The van der Waals surface area contributed by atoms with Gasteiger partial charge in [-0.15, -0.1) is 5.10 Å². The quantitative estimate of drug-likeness (QED) is 0.634. The van der Waals surface area contributed by atoms with Crippen molar-refractivity contribution in [2.75, 3.05) is 13.7 Å². The summed E-state index contributed by atoms with van der Waals surface area (Å²) in [5.41, 5.74) is 0. The van der Waals surface area contributed by atoms with Gasteiger partial charge in [0.15, 0.2) is 0 Å². The highest BCUT2D eigenvalue weighted by atomic mass is 79.9. The fourth-order valence-corrected chi connectivity index (χ4v) is 1.53. The summed E-state index contributed by atoms with van der Waals surface area (Å²) in [7, 11) is 1.28. The Kier molecular flexibility index (Phi) is 4.63. The van der Waals surface area contributed by atoms with Gasteiger partial charge in [-0.25, -0.2) is 0 Å². The number of aromatic nitrogens is 2. The molecule has 15 heavy (non-hydrogen) atoms. The molecule has 0 saturated heterocycles. The zero-order valence-electron chi connectivity index (χ0n) is 7.77. The molecule has 0 radical (unpaired) electrons. The zero-order chi connectivity index (χ0) is 11.3. The van der Waals surface area contributed by atoms with Crippen LogP contribution in [0.1, 0.15) is 9.67 Å². The molecule has 1 atom stereocenters. The number of rotatable bonds is 4. The monoisotopic (exact) mass is 293 g/mol. The lowest BCUT2D eigenvalue weighted by Gasteiger charge is -2.07. The molecule has 1 amide bonds. The lowest BCUT2D eigenvalue weighted by atomic mass is 10.4. The number of hydrogen-bond donors (Lipinski definition) is 1. The van der Waals surface area contributed by atoms with Gasteiger partial charge >= 0.3 is 5.97 Å². The van der Waals surface area contributed by atoms with Crippen molar-refractivity contribution < 1.29 is 14.3 Å². The van der Waals surface area contributed by atoms with Crippen molar-refractivity contribution in [3.63, 3.8) is 0 Å². The van der Waals surface area contributed by atoms with Crippen molar-refractivity contribution >= 4 is 39.3 Å². The minimum absolute atomic E-state index is 0.156. The second-order valence-corrected chi connectivity index (χ2v) is 4.37. The molecule has 0 aliphatic carbocycles. The lowest BCUT2D eigenvalue weighted by molar-refractivity contribution is -0.139. The summed E-state index contributed by atoms with van der Waals surface area (Å²) in [5, 5.41) is 6.07. The first-order valence-corrected chi connectivity index (χ1v) is 5.61. The molecule has 0 bridgehead atoms. The SMILES string of the molecule is COC(=O)C(Br)CNC(=O)c1cnns1. The Balaban J connectivity index is 2.38. The first-order valence-electron chi connectivity index (χ1n) is 3.92. The van der Waals surface area contributed by atoms with Crippen molar-refractivity contribution in [2.24, 2.45) is 0 Å². The van der Waals surface area contributed by atoms with E-state index in [0.29, 0.717) is 4.88 Å². The Morgan fingerprint density at radius 1 is 1.73 bits per heavy atom. The summed E-state index contributed by atoms with van der Waals surface area (Å²) in [6.07, 6.45) is 1.36. The average Bonchev–Trinajstić information content (AvgIpc) is 2.77. The molecule has 0 aliphatic heterocycles. The smallest absolute Gasteiger partial charge is 0.321 e. The molecule has 6 nitrogen and oxygen atoms in total. The molecular formula is C7H8BrN3O3S. The van der Waals surface area contributed by atoms with Crippen LogP contribution in [0.4, 0.5) is 0 Å². The Hall–Kier alpha value is -1.02. The van der Waals surface area contributed by atoms with Crippen LogP contribution in [0.3, 0.4) is 0 Å². The molecule has 1 heterocycles. The van der Waals surface area contributed by atoms with Gasteiger partial charge in [0, 0.05) is 6.54 Å². The number of nitrogens with zero attached hydrogens (tertiary/aromatic N) is 2. The highest BCUT2D eigenvalue weighted by molar-refractivity contribution is 9.10. The van der Waals surface area contributed by atoms with Gasteiger partial charge in [-0.2, -0.15) is 0 Å². The highest BCUT2D eigenvalue weighted by Crippen LogP contribution is 2.03. The van der Waals surface area contributed by atoms with E-state index in [-0.39, 0.29) is 12.5 Å². The molecule has 0 aliphatic rings. The van der Waals surface area contributed by atoms with E-state index in [0.717, 1.165) is 11.5 Å². The summed E-state index contributed by atoms with van der Waals surface area (Å²) >= 11 is 4.07. The van der Waals surface area contributed by atoms with Crippen molar-refractivity contribution in [2.45, 2.75) is 4.83 Å². The molecule has 1 N–H and O–H groups in total. The minimum atomic E-state index is -0.549. The molecule has 0 spiro atoms. The Morgan fingerprint density at radius 2 is 2.47 bits per heavy atom. The van der Waals surface area contributed by atoms with E-state index in [9.17, 15) is 9.59 Å². The predicted octanol–water partition coefficient (Wildman–Crippen LogP) is 0.204. The summed E-state index contributed by atoms with van der Waals surface area (Å²) in [4.78, 5) is 22.2. The average molecular weight is 294 g/mol. The van der Waals surface area contributed by atoms with E-state index < -0.39 is 10.8 Å². The summed E-state index contributed by atoms with van der Waals surface area (Å²) in [5.74, 6) is -0.740. The fourth-order valence-electron chi connectivity index (χ4n) is 0.748. The second-order valence-electron chi connectivity index (χ2n) is 2.48. The molecule has 0 aromatic carbocycles. The number of hydrogen-bond acceptors (Lipinski definition) is 6. The summed E-state index contributed by atoms with van der Waals surface area (Å²) in [6.45, 7) is 0.156. The van der Waals surface area contributed by atoms with E-state index in [1.165, 1.54) is 13.3 Å². The van der Waals surface area contributed by atoms with Crippen molar-refractivity contribution in [1.82, 2.24) is 14.9 Å². The van der Waals surface area contributed by atoms with Gasteiger partial charge < -0.3 is 10.1 Å². The fraction of sp³-hybridized carbons (Fsp3) is 0.429. The zero-order valence-corrected chi connectivity index (χ0v) is 10.2. The molecule has 82 valence electrons. The van der Waals surface area contributed by atoms with E-state index in [2.05, 4.69) is 35.6 Å². The van der Waals surface area contributed by atoms with Crippen molar-refractivity contribution in [1.29, 1.82) is 0 Å². The number of esters is 1. The second kappa shape index (κ2) is 5.76. The lowest BCUT2D eigenvalue weighted by Crippen LogP contribution is -2.33. The third-order valence-corrected chi connectivity index (χ3v) is 2.84. The first-order chi connectivity index (χ1) is 7.15. The van der Waals surface area contributed by atoms with Crippen LogP contribution in [0.5, 0.6) is 0 Å². The van der Waals surface area contributed by atoms with Gasteiger partial charge in [0.2, 0.25) is 0 Å². The highest BCUT2D eigenvalue weighted by Gasteiger charge is 2.17. The number of carbonyl (C=O) groups excluding carboxylic acids is 2. The van der Waals surface area contributed by atoms with Crippen LogP contribution in [0.15, 0.2) is 6.20 Å². The maximum Gasteiger partial charge on any atom is 0.321 e. The molecule has 8 heteroatoms. The third-order valence-electron chi connectivity index (χ3n) is 1.48. The number of amides is 1. The van der Waals surface area contributed by atoms with Gasteiger partial charge in [0.25, 0.3) is 5.91 Å². The van der Waals surface area contributed by atoms with Crippen LogP contribution in [0.25, 0.3) is 0 Å². The molecule has 1 aromatic rings. The van der Waals surface area contributed by atoms with Gasteiger partial charge in [-0.1, -0.05) is 20.4 Å². The van der Waals surface area contributed by atoms with Crippen LogP contribution in [0.2, 0.25) is 0 Å². The van der Waals surface area contributed by atoms with E-state index in [1.54, 1.807) is 0 Å². The Labute approximate surface area is 98.3 Å². The molecule has 1 rings (SSSR count). The van der Waals surface area contributed by atoms with Gasteiger partial charge in [-0.05, 0) is 11.5 Å².